The fraction of sp³-hybridized carbons (Fsp3) is 0.562. The van der Waals surface area contributed by atoms with Gasteiger partial charge in [0, 0.05) is 31.8 Å². The van der Waals surface area contributed by atoms with Gasteiger partial charge < -0.3 is 14.4 Å². The lowest BCUT2D eigenvalue weighted by Crippen LogP contribution is -2.23. The van der Waals surface area contributed by atoms with E-state index in [1.165, 1.54) is 12.1 Å². The molecule has 2 aliphatic rings. The second-order valence-electron chi connectivity index (χ2n) is 5.89. The molecule has 2 heterocycles. The number of benzene rings is 1. The molecule has 3 rings (SSSR count). The summed E-state index contributed by atoms with van der Waals surface area (Å²) in [5, 5.41) is 11.0. The quantitative estimate of drug-likeness (QED) is 0.471. The molecule has 7 nitrogen and oxygen atoms in total. The van der Waals surface area contributed by atoms with Gasteiger partial charge in [0.2, 0.25) is 0 Å². The molecule has 0 aliphatic carbocycles. The normalized spacial score (nSPS) is 20.7. The van der Waals surface area contributed by atoms with E-state index in [2.05, 4.69) is 4.90 Å². The maximum Gasteiger partial charge on any atom is 0.340 e. The van der Waals surface area contributed by atoms with E-state index in [0.29, 0.717) is 12.3 Å². The monoisotopic (exact) mass is 320 g/mol. The number of nitro benzene ring substituents is 1. The van der Waals surface area contributed by atoms with E-state index in [-0.39, 0.29) is 24.0 Å². The minimum atomic E-state index is -0.522. The second kappa shape index (κ2) is 6.95. The Bertz CT molecular complexity index is 592. The smallest absolute Gasteiger partial charge is 0.340 e. The van der Waals surface area contributed by atoms with Crippen molar-refractivity contribution in [1.29, 1.82) is 0 Å². The Kier molecular flexibility index (Phi) is 4.76. The van der Waals surface area contributed by atoms with E-state index in [1.54, 1.807) is 6.07 Å². The van der Waals surface area contributed by atoms with Crippen LogP contribution in [-0.4, -0.2) is 43.3 Å². The largest absolute Gasteiger partial charge is 0.459 e. The Morgan fingerprint density at radius 2 is 2.13 bits per heavy atom. The van der Waals surface area contributed by atoms with Gasteiger partial charge in [-0.1, -0.05) is 0 Å². The molecule has 0 aromatic heterocycles. The van der Waals surface area contributed by atoms with Crippen molar-refractivity contribution in [3.63, 3.8) is 0 Å². The van der Waals surface area contributed by atoms with Gasteiger partial charge in [0.15, 0.2) is 0 Å². The van der Waals surface area contributed by atoms with Crippen molar-refractivity contribution in [2.75, 3.05) is 31.2 Å². The summed E-state index contributed by atoms with van der Waals surface area (Å²) in [6.07, 6.45) is 3.90. The number of esters is 1. The summed E-state index contributed by atoms with van der Waals surface area (Å²) in [6.45, 7) is 2.59. The van der Waals surface area contributed by atoms with Gasteiger partial charge >= 0.3 is 5.97 Å². The summed E-state index contributed by atoms with van der Waals surface area (Å²) in [7, 11) is 0. The van der Waals surface area contributed by atoms with Crippen molar-refractivity contribution in [1.82, 2.24) is 0 Å². The lowest BCUT2D eigenvalue weighted by atomic mass is 10.1. The third-order valence-electron chi connectivity index (χ3n) is 4.28. The zero-order valence-electron chi connectivity index (χ0n) is 12.9. The number of nitro groups is 1. The van der Waals surface area contributed by atoms with E-state index in [1.807, 2.05) is 0 Å². The number of nitrogens with zero attached hydrogens (tertiary/aromatic N) is 2. The Morgan fingerprint density at radius 1 is 1.35 bits per heavy atom. The van der Waals surface area contributed by atoms with E-state index in [9.17, 15) is 14.9 Å². The first kappa shape index (κ1) is 15.7. The van der Waals surface area contributed by atoms with Crippen molar-refractivity contribution < 1.29 is 19.2 Å². The van der Waals surface area contributed by atoms with Crippen molar-refractivity contribution in [2.24, 2.45) is 0 Å². The fourth-order valence-corrected chi connectivity index (χ4v) is 3.06. The molecule has 1 aromatic carbocycles. The average molecular weight is 320 g/mol. The molecule has 2 fully saturated rings. The van der Waals surface area contributed by atoms with Crippen LogP contribution in [0.15, 0.2) is 18.2 Å². The van der Waals surface area contributed by atoms with Crippen molar-refractivity contribution in [3.05, 3.63) is 33.9 Å². The number of ether oxygens (including phenoxy) is 2. The van der Waals surface area contributed by atoms with Crippen LogP contribution in [0.4, 0.5) is 11.4 Å². The molecule has 0 radical (unpaired) electrons. The van der Waals surface area contributed by atoms with Crippen LogP contribution in [-0.2, 0) is 9.47 Å². The molecule has 0 saturated carbocycles. The summed E-state index contributed by atoms with van der Waals surface area (Å²) >= 11 is 0. The third kappa shape index (κ3) is 3.61. The number of anilines is 1. The predicted octanol–water partition coefficient (Wildman–Crippen LogP) is 2.53. The highest BCUT2D eigenvalue weighted by Gasteiger charge is 2.25. The van der Waals surface area contributed by atoms with Crippen LogP contribution in [0.1, 0.15) is 36.0 Å². The number of non-ortho nitro benzene ring substituents is 1. The molecule has 0 spiro atoms. The van der Waals surface area contributed by atoms with Crippen LogP contribution in [0.2, 0.25) is 0 Å². The lowest BCUT2D eigenvalue weighted by molar-refractivity contribution is -0.384. The van der Waals surface area contributed by atoms with Gasteiger partial charge in [0.05, 0.1) is 22.3 Å². The van der Waals surface area contributed by atoms with E-state index >= 15 is 0 Å². The molecule has 23 heavy (non-hydrogen) atoms. The summed E-state index contributed by atoms with van der Waals surface area (Å²) in [5.41, 5.74) is 0.876. The van der Waals surface area contributed by atoms with Crippen LogP contribution in [0.3, 0.4) is 0 Å². The van der Waals surface area contributed by atoms with Crippen molar-refractivity contribution >= 4 is 17.3 Å². The number of carbonyl (C=O) groups excluding carboxylic acids is 1. The maximum atomic E-state index is 12.4. The molecule has 124 valence electrons. The lowest BCUT2D eigenvalue weighted by Gasteiger charge is -2.20. The Balaban J connectivity index is 1.79. The number of hydrogen-bond acceptors (Lipinski definition) is 6. The molecule has 7 heteroatoms. The zero-order chi connectivity index (χ0) is 16.2. The molecule has 0 bridgehead atoms. The Hall–Kier alpha value is -2.15. The van der Waals surface area contributed by atoms with Crippen LogP contribution >= 0.6 is 0 Å². The Labute approximate surface area is 134 Å². The highest BCUT2D eigenvalue weighted by Crippen LogP contribution is 2.29. The van der Waals surface area contributed by atoms with Gasteiger partial charge in [0.25, 0.3) is 5.69 Å². The topological polar surface area (TPSA) is 81.9 Å². The number of hydrogen-bond donors (Lipinski definition) is 0. The first-order valence-electron chi connectivity index (χ1n) is 7.97. The molecule has 2 aliphatic heterocycles. The molecule has 0 N–H and O–H groups in total. The second-order valence-corrected chi connectivity index (χ2v) is 5.89. The van der Waals surface area contributed by atoms with Crippen LogP contribution in [0, 0.1) is 10.1 Å². The maximum absolute atomic E-state index is 12.4. The van der Waals surface area contributed by atoms with Gasteiger partial charge in [-0.15, -0.1) is 0 Å². The summed E-state index contributed by atoms with van der Waals surface area (Å²) in [5.74, 6) is -0.522. The minimum Gasteiger partial charge on any atom is -0.459 e. The van der Waals surface area contributed by atoms with Crippen LogP contribution in [0.25, 0.3) is 0 Å². The number of carbonyl (C=O) groups is 1. The Morgan fingerprint density at radius 3 is 2.78 bits per heavy atom. The standard InChI is InChI=1S/C16H20N2O5/c19-16(23-11-13-4-3-9-22-13)14-10-12(18(20)21)5-6-15(14)17-7-1-2-8-17/h5-6,10,13H,1-4,7-9,11H2. The number of rotatable bonds is 5. The van der Waals surface area contributed by atoms with Crippen LogP contribution < -0.4 is 4.90 Å². The van der Waals surface area contributed by atoms with Gasteiger partial charge in [-0.2, -0.15) is 0 Å². The average Bonchev–Trinajstić information content (AvgIpc) is 3.25. The van der Waals surface area contributed by atoms with Crippen molar-refractivity contribution in [3.8, 4) is 0 Å². The van der Waals surface area contributed by atoms with Gasteiger partial charge in [-0.05, 0) is 31.7 Å². The third-order valence-corrected chi connectivity index (χ3v) is 4.28. The molecular weight excluding hydrogens is 300 g/mol. The van der Waals surface area contributed by atoms with Crippen LogP contribution in [0.5, 0.6) is 0 Å². The van der Waals surface area contributed by atoms with E-state index in [0.717, 1.165) is 38.8 Å². The fourth-order valence-electron chi connectivity index (χ4n) is 3.06. The van der Waals surface area contributed by atoms with Crippen molar-refractivity contribution in [2.45, 2.75) is 31.8 Å². The van der Waals surface area contributed by atoms with Gasteiger partial charge in [-0.3, -0.25) is 10.1 Å². The van der Waals surface area contributed by atoms with E-state index < -0.39 is 10.9 Å². The zero-order valence-corrected chi connectivity index (χ0v) is 12.9. The molecular formula is C16H20N2O5. The molecule has 1 atom stereocenters. The molecule has 2 saturated heterocycles. The summed E-state index contributed by atoms with van der Waals surface area (Å²) in [4.78, 5) is 25.0. The van der Waals surface area contributed by atoms with Gasteiger partial charge in [0.1, 0.15) is 6.61 Å². The van der Waals surface area contributed by atoms with E-state index in [4.69, 9.17) is 9.47 Å². The first-order chi connectivity index (χ1) is 11.1. The predicted molar refractivity (Wildman–Crippen MR) is 83.8 cm³/mol. The molecule has 0 amide bonds. The van der Waals surface area contributed by atoms with Gasteiger partial charge in [-0.25, -0.2) is 4.79 Å². The summed E-state index contributed by atoms with van der Waals surface area (Å²) in [6, 6.07) is 4.39. The first-order valence-corrected chi connectivity index (χ1v) is 7.97. The highest BCUT2D eigenvalue weighted by molar-refractivity contribution is 5.96. The molecule has 1 aromatic rings. The highest BCUT2D eigenvalue weighted by atomic mass is 16.6. The molecule has 1 unspecified atom stereocenters. The minimum absolute atomic E-state index is 0.0621. The SMILES string of the molecule is O=C(OCC1CCCO1)c1cc([N+](=O)[O-])ccc1N1CCCC1. The summed E-state index contributed by atoms with van der Waals surface area (Å²) < 4.78 is 10.8.